The minimum atomic E-state index is -4.05. The molecule has 1 aromatic heterocycles. The normalized spacial score (nSPS) is 14.3. The lowest BCUT2D eigenvalue weighted by atomic mass is 10.1. The first-order chi connectivity index (χ1) is 7.91. The number of nitrogens with one attached hydrogen (secondary N) is 1. The predicted octanol–water partition coefficient (Wildman–Crippen LogP) is 4.00. The Balaban J connectivity index is 3.00. The van der Waals surface area contributed by atoms with Crippen LogP contribution in [0.2, 0.25) is 0 Å². The van der Waals surface area contributed by atoms with Crippen molar-refractivity contribution in [3.8, 4) is 0 Å². The average Bonchev–Trinajstić information content (AvgIpc) is 2.65. The molecular weight excluding hydrogens is 254 g/mol. The van der Waals surface area contributed by atoms with Crippen LogP contribution >= 0.6 is 11.3 Å². The first kappa shape index (κ1) is 14.4. The van der Waals surface area contributed by atoms with Crippen LogP contribution in [0.25, 0.3) is 0 Å². The van der Waals surface area contributed by atoms with E-state index in [0.29, 0.717) is 12.0 Å². The minimum absolute atomic E-state index is 0.281. The van der Waals surface area contributed by atoms with Gasteiger partial charge in [-0.05, 0) is 36.9 Å². The van der Waals surface area contributed by atoms with Crippen LogP contribution in [0.3, 0.4) is 0 Å². The van der Waals surface area contributed by atoms with Gasteiger partial charge in [0.25, 0.3) is 0 Å². The predicted molar refractivity (Wildman–Crippen MR) is 61.0 cm³/mol. The van der Waals surface area contributed by atoms with E-state index in [4.69, 9.17) is 0 Å². The summed E-state index contributed by atoms with van der Waals surface area (Å²) in [6, 6.07) is 0.0461. The van der Waals surface area contributed by atoms with Gasteiger partial charge >= 0.3 is 12.3 Å². The SMILES string of the molecule is CCCNC(c1sccc1C)C(F)(F)C(F)F. The summed E-state index contributed by atoms with van der Waals surface area (Å²) >= 11 is 1.08. The Labute approximate surface area is 102 Å². The highest BCUT2D eigenvalue weighted by atomic mass is 32.1. The molecule has 1 rings (SSSR count). The Bertz CT molecular complexity index is 351. The van der Waals surface area contributed by atoms with Crippen LogP contribution < -0.4 is 5.32 Å². The smallest absolute Gasteiger partial charge is 0.304 e. The molecule has 0 bridgehead atoms. The zero-order valence-electron chi connectivity index (χ0n) is 9.64. The third-order valence-electron chi connectivity index (χ3n) is 2.44. The second kappa shape index (κ2) is 5.82. The summed E-state index contributed by atoms with van der Waals surface area (Å²) in [5, 5.41) is 4.15. The lowest BCUT2D eigenvalue weighted by Crippen LogP contribution is -2.42. The number of aryl methyl sites for hydroxylation is 1. The van der Waals surface area contributed by atoms with E-state index in [0.717, 1.165) is 11.3 Å². The van der Waals surface area contributed by atoms with E-state index in [-0.39, 0.29) is 11.4 Å². The Kier molecular flexibility index (Phi) is 4.94. The number of hydrogen-bond acceptors (Lipinski definition) is 2. The van der Waals surface area contributed by atoms with E-state index in [2.05, 4.69) is 5.32 Å². The molecule has 0 aliphatic rings. The van der Waals surface area contributed by atoms with Crippen LogP contribution in [0.5, 0.6) is 0 Å². The average molecular weight is 269 g/mol. The Morgan fingerprint density at radius 3 is 2.47 bits per heavy atom. The van der Waals surface area contributed by atoms with Crippen LogP contribution in [0, 0.1) is 6.92 Å². The molecule has 0 aliphatic heterocycles. The zero-order valence-corrected chi connectivity index (χ0v) is 10.5. The third-order valence-corrected chi connectivity index (χ3v) is 3.52. The van der Waals surface area contributed by atoms with Crippen molar-refractivity contribution in [1.29, 1.82) is 0 Å². The second-order valence-corrected chi connectivity index (χ2v) is 4.78. The summed E-state index contributed by atoms with van der Waals surface area (Å²) in [5.74, 6) is -4.05. The maximum Gasteiger partial charge on any atom is 0.327 e. The molecule has 0 spiro atoms. The topological polar surface area (TPSA) is 12.0 Å². The van der Waals surface area contributed by atoms with Gasteiger partial charge in [0, 0.05) is 4.88 Å². The van der Waals surface area contributed by atoms with Crippen molar-refractivity contribution < 1.29 is 17.6 Å². The number of hydrogen-bond donors (Lipinski definition) is 1. The van der Waals surface area contributed by atoms with Crippen LogP contribution in [-0.4, -0.2) is 18.9 Å². The number of rotatable bonds is 6. The van der Waals surface area contributed by atoms with E-state index in [9.17, 15) is 17.6 Å². The summed E-state index contributed by atoms with van der Waals surface area (Å²) in [7, 11) is 0. The first-order valence-corrected chi connectivity index (χ1v) is 6.22. The molecule has 1 unspecified atom stereocenters. The summed E-state index contributed by atoms with van der Waals surface area (Å²) < 4.78 is 51.8. The molecule has 0 aliphatic carbocycles. The highest BCUT2D eigenvalue weighted by Gasteiger charge is 2.50. The monoisotopic (exact) mass is 269 g/mol. The molecular formula is C11H15F4NS. The number of halogens is 4. The van der Waals surface area contributed by atoms with Crippen molar-refractivity contribution in [2.45, 2.75) is 38.7 Å². The molecule has 0 amide bonds. The summed E-state index contributed by atoms with van der Waals surface area (Å²) in [5.41, 5.74) is 0.615. The van der Waals surface area contributed by atoms with E-state index in [1.54, 1.807) is 25.3 Å². The summed E-state index contributed by atoms with van der Waals surface area (Å²) in [6.07, 6.45) is -3.06. The van der Waals surface area contributed by atoms with E-state index >= 15 is 0 Å². The molecule has 6 heteroatoms. The highest BCUT2D eigenvalue weighted by Crippen LogP contribution is 2.39. The Morgan fingerprint density at radius 2 is 2.06 bits per heavy atom. The van der Waals surface area contributed by atoms with Crippen LogP contribution in [0.15, 0.2) is 11.4 Å². The zero-order chi connectivity index (χ0) is 13.1. The Morgan fingerprint density at radius 1 is 1.41 bits per heavy atom. The number of alkyl halides is 4. The molecule has 1 heterocycles. The van der Waals surface area contributed by atoms with Gasteiger partial charge in [-0.3, -0.25) is 0 Å². The fourth-order valence-electron chi connectivity index (χ4n) is 1.50. The molecule has 0 fully saturated rings. The largest absolute Gasteiger partial charge is 0.327 e. The Hall–Kier alpha value is -0.620. The molecule has 0 saturated carbocycles. The van der Waals surface area contributed by atoms with E-state index in [1.165, 1.54) is 0 Å². The van der Waals surface area contributed by atoms with Crippen molar-refractivity contribution >= 4 is 11.3 Å². The van der Waals surface area contributed by atoms with Gasteiger partial charge in [-0.1, -0.05) is 6.92 Å². The van der Waals surface area contributed by atoms with Crippen molar-refractivity contribution in [3.05, 3.63) is 21.9 Å². The van der Waals surface area contributed by atoms with E-state index in [1.807, 2.05) is 0 Å². The van der Waals surface area contributed by atoms with Gasteiger partial charge in [0.2, 0.25) is 0 Å². The van der Waals surface area contributed by atoms with Gasteiger partial charge in [-0.25, -0.2) is 8.78 Å². The third kappa shape index (κ3) is 3.19. The van der Waals surface area contributed by atoms with Gasteiger partial charge in [-0.15, -0.1) is 11.3 Å². The van der Waals surface area contributed by atoms with Gasteiger partial charge in [0.1, 0.15) is 6.04 Å². The molecule has 1 nitrogen and oxygen atoms in total. The quantitative estimate of drug-likeness (QED) is 0.770. The molecule has 17 heavy (non-hydrogen) atoms. The first-order valence-electron chi connectivity index (χ1n) is 5.34. The molecule has 1 N–H and O–H groups in total. The van der Waals surface area contributed by atoms with Crippen molar-refractivity contribution in [1.82, 2.24) is 5.32 Å². The highest BCUT2D eigenvalue weighted by molar-refractivity contribution is 7.10. The summed E-state index contributed by atoms with van der Waals surface area (Å²) in [6.45, 7) is 3.73. The van der Waals surface area contributed by atoms with Crippen molar-refractivity contribution in [2.24, 2.45) is 0 Å². The molecule has 1 aromatic rings. The van der Waals surface area contributed by atoms with Gasteiger partial charge < -0.3 is 5.32 Å². The lowest BCUT2D eigenvalue weighted by Gasteiger charge is -2.27. The summed E-state index contributed by atoms with van der Waals surface area (Å²) in [4.78, 5) is 0.281. The maximum atomic E-state index is 13.5. The molecule has 0 saturated heterocycles. The van der Waals surface area contributed by atoms with E-state index < -0.39 is 18.4 Å². The second-order valence-electron chi connectivity index (χ2n) is 3.83. The van der Waals surface area contributed by atoms with Crippen molar-refractivity contribution in [2.75, 3.05) is 6.54 Å². The molecule has 0 radical (unpaired) electrons. The van der Waals surface area contributed by atoms with Gasteiger partial charge in [0.05, 0.1) is 0 Å². The molecule has 1 atom stereocenters. The minimum Gasteiger partial charge on any atom is -0.304 e. The fraction of sp³-hybridized carbons (Fsp3) is 0.636. The van der Waals surface area contributed by atoms with Crippen LogP contribution in [0.1, 0.15) is 29.8 Å². The van der Waals surface area contributed by atoms with Crippen LogP contribution in [-0.2, 0) is 0 Å². The standard InChI is InChI=1S/C11H15F4NS/c1-3-5-16-9(11(14,15)10(12)13)8-7(2)4-6-17-8/h4,6,9-10,16H,3,5H2,1-2H3. The van der Waals surface area contributed by atoms with Gasteiger partial charge in [-0.2, -0.15) is 8.78 Å². The van der Waals surface area contributed by atoms with Crippen LogP contribution in [0.4, 0.5) is 17.6 Å². The fourth-order valence-corrected chi connectivity index (χ4v) is 2.55. The van der Waals surface area contributed by atoms with Crippen molar-refractivity contribution in [3.63, 3.8) is 0 Å². The van der Waals surface area contributed by atoms with Gasteiger partial charge in [0.15, 0.2) is 0 Å². The molecule has 0 aromatic carbocycles. The molecule has 98 valence electrons. The number of thiophene rings is 1. The maximum absolute atomic E-state index is 13.5. The lowest BCUT2D eigenvalue weighted by molar-refractivity contribution is -0.151.